The van der Waals surface area contributed by atoms with Gasteiger partial charge in [-0.15, -0.1) is 0 Å². The molecule has 0 spiro atoms. The fraction of sp³-hybridized carbons (Fsp3) is 0. The summed E-state index contributed by atoms with van der Waals surface area (Å²) in [4.78, 5) is 0. The molecule has 0 aliphatic carbocycles. The van der Waals surface area contributed by atoms with Crippen LogP contribution in [-0.2, 0) is 264 Å². The van der Waals surface area contributed by atoms with Crippen LogP contribution >= 0.6 is 0 Å². The molecule has 47 heteroatoms. The zero-order valence-corrected chi connectivity index (χ0v) is 34.8. The second kappa shape index (κ2) is 23.5. The standard InChI is InChI=1S/10Cr.35O.2V/q;;;;;;;;;;;;;;;;;;;;;;;;;;;;;;;;;;;10*-1;2*+5. The van der Waals surface area contributed by atoms with Gasteiger partial charge in [-0.25, -0.2) is 0 Å². The predicted molar refractivity (Wildman–Crippen MR) is 19.2 cm³/mol. The molecule has 0 bridgehead atoms. The first-order valence-corrected chi connectivity index (χ1v) is 27.5. The van der Waals surface area contributed by atoms with Crippen LogP contribution in [0.25, 0.3) is 0 Å². The van der Waals surface area contributed by atoms with Gasteiger partial charge in [-0.2, -0.15) is 0 Å². The zero-order valence-electron chi connectivity index (χ0n) is 19.3. The molecule has 0 aromatic heterocycles. The molecule has 47 heavy (non-hydrogen) atoms. The van der Waals surface area contributed by atoms with Crippen LogP contribution in [0, 0.1) is 0 Å². The Morgan fingerprint density at radius 2 is 0.234 bits per heavy atom. The molecule has 280 valence electrons. The largest absolute Gasteiger partial charge is 5.00 e. The summed E-state index contributed by atoms with van der Waals surface area (Å²) in [5.41, 5.74) is 0. The Bertz CT molecular complexity index is 1530. The fourth-order valence-electron chi connectivity index (χ4n) is 0.510. The van der Waals surface area contributed by atoms with Gasteiger partial charge in [-0.3, -0.25) is 0 Å². The maximum atomic E-state index is 9.38. The van der Waals surface area contributed by atoms with E-state index in [-0.39, 0.29) is 37.1 Å². The van der Waals surface area contributed by atoms with Gasteiger partial charge in [0.2, 0.25) is 0 Å². The Balaban J connectivity index is -0.0000000842. The monoisotopic (exact) mass is 1180 g/mol. The average molecular weight is 1180 g/mol. The minimum absolute atomic E-state index is 0. The Labute approximate surface area is 301 Å². The van der Waals surface area contributed by atoms with Crippen molar-refractivity contribution in [1.29, 1.82) is 0 Å². The summed E-state index contributed by atoms with van der Waals surface area (Å²) in [6.07, 6.45) is 0. The Morgan fingerprint density at radius 1 is 0.191 bits per heavy atom. The van der Waals surface area contributed by atoms with Gasteiger partial charge in [-0.1, -0.05) is 0 Å². The van der Waals surface area contributed by atoms with Crippen LogP contribution in [0.15, 0.2) is 0 Å². The molecule has 0 atom stereocenters. The Morgan fingerprint density at radius 3 is 0.234 bits per heavy atom. The number of hydrogen-bond acceptors (Lipinski definition) is 35. The minimum atomic E-state index is -6.07. The van der Waals surface area contributed by atoms with E-state index in [1.807, 2.05) is 0 Å². The van der Waals surface area contributed by atoms with Gasteiger partial charge in [0, 0.05) is 0 Å². The second-order valence-corrected chi connectivity index (χ2v) is 22.6. The van der Waals surface area contributed by atoms with Gasteiger partial charge in [0.05, 0.1) is 0 Å². The van der Waals surface area contributed by atoms with Crippen LogP contribution in [0.4, 0.5) is 0 Å². The van der Waals surface area contributed by atoms with Crippen molar-refractivity contribution in [2.75, 3.05) is 0 Å². The van der Waals surface area contributed by atoms with Crippen LogP contribution in [0.5, 0.6) is 0 Å². The summed E-state index contributed by atoms with van der Waals surface area (Å²) in [6.45, 7) is 0. The normalized spacial score (nSPS) is 13.0. The SMILES string of the molecule is [O]=[Cr](=[O])([O-])[O][Cr](=[O])(=[O])[O-].[O]=[Cr](=[O])([O-])[O][Cr](=[O])(=[O])[O-].[O]=[Cr](=[O])([O-])[O][Cr](=[O])(=[O])[O-].[O]=[Cr](=[O])([O-])[O][Cr](=[O])(=[O])[O-].[O]=[Cr](=[O])([O-])[O][Cr](=[O])(=[O])[O-].[V+5].[V+5]. The van der Waals surface area contributed by atoms with Gasteiger partial charge in [0.1, 0.15) is 0 Å². The van der Waals surface area contributed by atoms with Gasteiger partial charge in [0.25, 0.3) is 0 Å². The number of rotatable bonds is 10. The molecule has 0 unspecified atom stereocenters. The molecule has 0 heterocycles. The van der Waals surface area contributed by atoms with Crippen molar-refractivity contribution in [3.63, 3.8) is 0 Å². The van der Waals surface area contributed by atoms with Crippen molar-refractivity contribution in [2.24, 2.45) is 0 Å². The van der Waals surface area contributed by atoms with Gasteiger partial charge < -0.3 is 0 Å². The van der Waals surface area contributed by atoms with Crippen LogP contribution in [0.2, 0.25) is 0 Å². The molecule has 0 saturated heterocycles. The average Bonchev–Trinajstić information content (AvgIpc) is 2.36. The molecule has 0 aromatic rings. The van der Waals surface area contributed by atoms with Crippen molar-refractivity contribution in [1.82, 2.24) is 0 Å². The summed E-state index contributed by atoms with van der Waals surface area (Å²) in [5, 5.41) is 0. The molecule has 0 rings (SSSR count). The first-order valence-electron chi connectivity index (χ1n) is 6.67. The first-order chi connectivity index (χ1) is 18.5. The molecule has 0 N–H and O–H groups in total. The van der Waals surface area contributed by atoms with Crippen molar-refractivity contribution < 1.29 is 305 Å². The van der Waals surface area contributed by atoms with E-state index in [9.17, 15) is 118 Å². The summed E-state index contributed by atoms with van der Waals surface area (Å²) in [7, 11) is 0. The molecule has 0 radical (unpaired) electrons. The third-order valence-electron chi connectivity index (χ3n) is 0.833. The van der Waals surface area contributed by atoms with E-state index in [1.54, 1.807) is 0 Å². The predicted octanol–water partition coefficient (Wildman–Crippen LogP) is -14.6. The Kier molecular flexibility index (Phi) is 32.0. The van der Waals surface area contributed by atoms with Crippen molar-refractivity contribution in [2.45, 2.75) is 0 Å². The van der Waals surface area contributed by atoms with Crippen LogP contribution in [0.1, 0.15) is 0 Å². The van der Waals surface area contributed by atoms with Crippen molar-refractivity contribution in [3.05, 3.63) is 0 Å². The van der Waals surface area contributed by atoms with E-state index >= 15 is 0 Å². The quantitative estimate of drug-likeness (QED) is 0.196. The molecule has 0 aromatic carbocycles. The third-order valence-corrected chi connectivity index (χ3v) is 14.2. The van der Waals surface area contributed by atoms with E-state index in [0.717, 1.165) is 0 Å². The molecular weight excluding hydrogens is 1180 g/mol. The molecule has 0 saturated carbocycles. The van der Waals surface area contributed by atoms with Gasteiger partial charge >= 0.3 is 305 Å². The number of hydrogen-bond donors (Lipinski definition) is 0. The maximum Gasteiger partial charge on any atom is 5.00 e. The zero-order chi connectivity index (χ0) is 38.5. The minimum Gasteiger partial charge on any atom is 5.00 e. The van der Waals surface area contributed by atoms with E-state index in [2.05, 4.69) is 14.2 Å². The summed E-state index contributed by atoms with van der Waals surface area (Å²) >= 11 is -60.7. The van der Waals surface area contributed by atoms with Crippen LogP contribution in [0.3, 0.4) is 0 Å². The molecule has 0 amide bonds. The molecular formula is Cr10O35V2. The van der Waals surface area contributed by atoms with Crippen molar-refractivity contribution >= 4 is 0 Å². The van der Waals surface area contributed by atoms with Crippen molar-refractivity contribution in [3.8, 4) is 0 Å². The smallest absolute Gasteiger partial charge is 5.00 e. The Hall–Kier alpha value is 1.89. The van der Waals surface area contributed by atoms with Gasteiger partial charge in [0.15, 0.2) is 0 Å². The first kappa shape index (κ1) is 63.9. The summed E-state index contributed by atoms with van der Waals surface area (Å²) in [6, 6.07) is 0. The maximum absolute atomic E-state index is 9.38. The second-order valence-electron chi connectivity index (χ2n) is 4.42. The van der Waals surface area contributed by atoms with E-state index in [4.69, 9.17) is 0 Å². The summed E-state index contributed by atoms with van der Waals surface area (Å²) < 4.78 is 294. The van der Waals surface area contributed by atoms with Crippen LogP contribution in [-0.4, -0.2) is 0 Å². The molecule has 0 aliphatic rings. The topological polar surface area (TPSA) is 618 Å². The molecule has 35 nitrogen and oxygen atoms in total. The third kappa shape index (κ3) is 99.2. The van der Waals surface area contributed by atoms with E-state index in [1.165, 1.54) is 0 Å². The molecule has 0 aliphatic heterocycles. The van der Waals surface area contributed by atoms with Crippen LogP contribution < -0.4 is 41.6 Å². The van der Waals surface area contributed by atoms with E-state index < -0.39 is 136 Å². The molecule has 0 fully saturated rings. The fourth-order valence-corrected chi connectivity index (χ4v) is 8.68. The summed E-state index contributed by atoms with van der Waals surface area (Å²) in [5.74, 6) is 0. The van der Waals surface area contributed by atoms with Gasteiger partial charge in [-0.05, 0) is 0 Å². The van der Waals surface area contributed by atoms with E-state index in [0.29, 0.717) is 0 Å².